The summed E-state index contributed by atoms with van der Waals surface area (Å²) in [5.41, 5.74) is 0.225. The number of methoxy groups -OCH3 is 1. The summed E-state index contributed by atoms with van der Waals surface area (Å²) in [6.45, 7) is 1.67. The number of allylic oxidation sites excluding steroid dienone is 1. The van der Waals surface area contributed by atoms with Gasteiger partial charge in [0.1, 0.15) is 77.9 Å². The number of phenolic OH excluding ortho intramolecular Hbond substituents is 1. The van der Waals surface area contributed by atoms with Crippen molar-refractivity contribution >= 4 is 16.5 Å². The molecule has 0 radical (unpaired) electrons. The normalized spacial score (nSPS) is 36.3. The largest absolute Gasteiger partial charge is 0.507 e. The Hall–Kier alpha value is -2.96. The third kappa shape index (κ3) is 5.25. The van der Waals surface area contributed by atoms with Crippen LogP contribution in [0.1, 0.15) is 31.1 Å². The molecule has 0 saturated carbocycles. The van der Waals surface area contributed by atoms with E-state index in [2.05, 4.69) is 0 Å². The Morgan fingerprint density at radius 3 is 2.14 bits per heavy atom. The number of aromatic hydroxyl groups is 1. The van der Waals surface area contributed by atoms with Crippen LogP contribution in [0.25, 0.3) is 16.5 Å². The molecular formula is C28H36O15. The third-order valence-electron chi connectivity index (χ3n) is 8.00. The minimum absolute atomic E-state index is 0.0464. The highest BCUT2D eigenvalue weighted by Crippen LogP contribution is 2.52. The molecule has 2 fully saturated rings. The standard InChI is InChI=1S/C28H36O15/c1-9-15-17(18(31)10(2)39-9)25(11-5-4-6-12(38-3)16(11)20(15)33)42-28-24(37)22(35)26(14(8-30)41-28)43-27-23(36)21(34)19(32)13(7-29)40-27/h4-6,9,13-14,19,21-24,26-37H,7-8H2,1-3H3/t9-,13-,14-,19-,21+,22-,23-,24-,26-,27+,28+/m1/s1. The molecule has 5 rings (SSSR count). The minimum Gasteiger partial charge on any atom is -0.507 e. The zero-order chi connectivity index (χ0) is 31.3. The number of phenols is 1. The van der Waals surface area contributed by atoms with Gasteiger partial charge < -0.3 is 74.4 Å². The van der Waals surface area contributed by atoms with Gasteiger partial charge in [0, 0.05) is 10.9 Å². The topological polar surface area (TPSA) is 237 Å². The fourth-order valence-electron chi connectivity index (χ4n) is 5.72. The van der Waals surface area contributed by atoms with E-state index in [-0.39, 0.29) is 50.7 Å². The van der Waals surface area contributed by atoms with Crippen LogP contribution in [-0.2, 0) is 18.9 Å². The van der Waals surface area contributed by atoms with Gasteiger partial charge in [-0.1, -0.05) is 12.1 Å². The summed E-state index contributed by atoms with van der Waals surface area (Å²) < 4.78 is 34.0. The Morgan fingerprint density at radius 2 is 1.49 bits per heavy atom. The van der Waals surface area contributed by atoms with Crippen molar-refractivity contribution < 1.29 is 74.4 Å². The van der Waals surface area contributed by atoms with E-state index >= 15 is 0 Å². The lowest BCUT2D eigenvalue weighted by atomic mass is 9.91. The Morgan fingerprint density at radius 1 is 0.837 bits per heavy atom. The molecule has 43 heavy (non-hydrogen) atoms. The SMILES string of the molecule is COc1cccc2c(O[C@@H]3O[C@H](CO)[C@@H](O[C@@H]4O[C@H](CO)[C@@H](O)[C@H](O)[C@H]4O)[C@H](O)[C@H]3O)c3c(c(O)c12)[C@@H](C)OC(C)=C3O. The van der Waals surface area contributed by atoms with E-state index in [0.29, 0.717) is 0 Å². The predicted molar refractivity (Wildman–Crippen MR) is 144 cm³/mol. The van der Waals surface area contributed by atoms with Crippen LogP contribution >= 0.6 is 0 Å². The number of aliphatic hydroxyl groups excluding tert-OH is 8. The molecule has 15 heteroatoms. The molecule has 0 amide bonds. The van der Waals surface area contributed by atoms with Crippen LogP contribution < -0.4 is 9.47 Å². The molecule has 15 nitrogen and oxygen atoms in total. The van der Waals surface area contributed by atoms with Crippen LogP contribution in [0.5, 0.6) is 17.2 Å². The van der Waals surface area contributed by atoms with Crippen molar-refractivity contribution in [2.24, 2.45) is 0 Å². The van der Waals surface area contributed by atoms with Crippen LogP contribution in [0.15, 0.2) is 24.0 Å². The molecule has 238 valence electrons. The molecule has 2 aromatic carbocycles. The van der Waals surface area contributed by atoms with E-state index in [1.54, 1.807) is 25.1 Å². The average molecular weight is 613 g/mol. The number of benzene rings is 2. The maximum Gasteiger partial charge on any atom is 0.229 e. The van der Waals surface area contributed by atoms with Crippen LogP contribution in [-0.4, -0.2) is 128 Å². The molecule has 9 N–H and O–H groups in total. The molecule has 2 saturated heterocycles. The molecule has 0 aromatic heterocycles. The van der Waals surface area contributed by atoms with E-state index in [9.17, 15) is 46.0 Å². The van der Waals surface area contributed by atoms with Crippen molar-refractivity contribution in [2.45, 2.75) is 81.4 Å². The van der Waals surface area contributed by atoms with E-state index in [4.69, 9.17) is 28.4 Å². The molecule has 2 aromatic rings. The number of rotatable bonds is 7. The van der Waals surface area contributed by atoms with Crippen molar-refractivity contribution in [1.29, 1.82) is 0 Å². The number of hydrogen-bond acceptors (Lipinski definition) is 15. The first-order chi connectivity index (χ1) is 20.4. The Kier molecular flexibility index (Phi) is 8.93. The lowest BCUT2D eigenvalue weighted by Crippen LogP contribution is -2.65. The lowest BCUT2D eigenvalue weighted by Gasteiger charge is -2.46. The predicted octanol–water partition coefficient (Wildman–Crippen LogP) is -1.11. The average Bonchev–Trinajstić information content (AvgIpc) is 3.00. The van der Waals surface area contributed by atoms with Crippen LogP contribution in [0.3, 0.4) is 0 Å². The van der Waals surface area contributed by atoms with Gasteiger partial charge in [0.05, 0.1) is 31.3 Å². The van der Waals surface area contributed by atoms with E-state index in [1.165, 1.54) is 14.0 Å². The maximum atomic E-state index is 11.3. The molecule has 0 unspecified atom stereocenters. The van der Waals surface area contributed by atoms with Gasteiger partial charge in [-0.05, 0) is 19.9 Å². The van der Waals surface area contributed by atoms with Gasteiger partial charge in [-0.15, -0.1) is 0 Å². The van der Waals surface area contributed by atoms with Crippen molar-refractivity contribution in [3.63, 3.8) is 0 Å². The number of fused-ring (bicyclic) bond motifs is 2. The fourth-order valence-corrected chi connectivity index (χ4v) is 5.72. The summed E-state index contributed by atoms with van der Waals surface area (Å²) in [6.07, 6.45) is -17.3. The zero-order valence-electron chi connectivity index (χ0n) is 23.5. The zero-order valence-corrected chi connectivity index (χ0v) is 23.5. The van der Waals surface area contributed by atoms with Gasteiger partial charge in [-0.3, -0.25) is 0 Å². The van der Waals surface area contributed by atoms with Gasteiger partial charge in [-0.25, -0.2) is 0 Å². The Balaban J connectivity index is 1.51. The fraction of sp³-hybridized carbons (Fsp3) is 0.571. The van der Waals surface area contributed by atoms with Crippen LogP contribution in [0.4, 0.5) is 0 Å². The first-order valence-electron chi connectivity index (χ1n) is 13.6. The third-order valence-corrected chi connectivity index (χ3v) is 8.00. The lowest BCUT2D eigenvalue weighted by molar-refractivity contribution is -0.352. The number of aliphatic hydroxyl groups is 8. The van der Waals surface area contributed by atoms with Crippen LogP contribution in [0, 0.1) is 0 Å². The summed E-state index contributed by atoms with van der Waals surface area (Å²) in [7, 11) is 1.40. The highest BCUT2D eigenvalue weighted by molar-refractivity contribution is 6.02. The summed E-state index contributed by atoms with van der Waals surface area (Å²) in [6, 6.07) is 4.80. The summed E-state index contributed by atoms with van der Waals surface area (Å²) in [4.78, 5) is 0. The van der Waals surface area contributed by atoms with Gasteiger partial charge >= 0.3 is 0 Å². The number of ether oxygens (including phenoxy) is 6. The van der Waals surface area contributed by atoms with Crippen molar-refractivity contribution in [2.75, 3.05) is 20.3 Å². The summed E-state index contributed by atoms with van der Waals surface area (Å²) in [5, 5.41) is 95.1. The van der Waals surface area contributed by atoms with Gasteiger partial charge in [0.15, 0.2) is 12.0 Å². The first kappa shape index (κ1) is 31.5. The van der Waals surface area contributed by atoms with Gasteiger partial charge in [0.25, 0.3) is 0 Å². The second kappa shape index (κ2) is 12.2. The van der Waals surface area contributed by atoms with Gasteiger partial charge in [-0.2, -0.15) is 0 Å². The van der Waals surface area contributed by atoms with Crippen molar-refractivity contribution in [3.05, 3.63) is 35.1 Å². The second-order valence-electron chi connectivity index (χ2n) is 10.6. The van der Waals surface area contributed by atoms with E-state index in [0.717, 1.165) is 0 Å². The van der Waals surface area contributed by atoms with Crippen molar-refractivity contribution in [3.8, 4) is 17.2 Å². The highest BCUT2D eigenvalue weighted by atomic mass is 16.7. The number of hydrogen-bond donors (Lipinski definition) is 9. The molecule has 0 aliphatic carbocycles. The quantitative estimate of drug-likeness (QED) is 0.180. The minimum atomic E-state index is -1.85. The summed E-state index contributed by atoms with van der Waals surface area (Å²) in [5.74, 6) is -0.218. The second-order valence-corrected chi connectivity index (χ2v) is 10.6. The van der Waals surface area contributed by atoms with E-state index < -0.39 is 80.7 Å². The molecule has 3 aliphatic rings. The highest BCUT2D eigenvalue weighted by Gasteiger charge is 2.51. The van der Waals surface area contributed by atoms with Gasteiger partial charge in [0.2, 0.25) is 6.29 Å². The molecular weight excluding hydrogens is 576 g/mol. The molecule has 11 atom stereocenters. The summed E-state index contributed by atoms with van der Waals surface area (Å²) >= 11 is 0. The molecule has 0 spiro atoms. The maximum absolute atomic E-state index is 11.3. The Bertz CT molecular complexity index is 1360. The molecule has 3 heterocycles. The Labute approximate surface area is 245 Å². The van der Waals surface area contributed by atoms with E-state index in [1.807, 2.05) is 0 Å². The van der Waals surface area contributed by atoms with Crippen molar-refractivity contribution in [1.82, 2.24) is 0 Å². The smallest absolute Gasteiger partial charge is 0.229 e. The molecule has 3 aliphatic heterocycles. The first-order valence-corrected chi connectivity index (χ1v) is 13.6. The van der Waals surface area contributed by atoms with Crippen LogP contribution in [0.2, 0.25) is 0 Å². The molecule has 0 bridgehead atoms. The monoisotopic (exact) mass is 612 g/mol.